The number of rotatable bonds is 1. The molecule has 18 heavy (non-hydrogen) atoms. The summed E-state index contributed by atoms with van der Waals surface area (Å²) in [5.41, 5.74) is 8.59. The van der Waals surface area contributed by atoms with Crippen LogP contribution in [-0.2, 0) is 11.8 Å². The zero-order valence-corrected chi connectivity index (χ0v) is 10.7. The minimum atomic E-state index is 0.280. The fourth-order valence-corrected chi connectivity index (χ4v) is 3.11. The molecule has 1 nitrogen and oxygen atoms in total. The molecular weight excluding hydrogens is 218 g/mol. The zero-order chi connectivity index (χ0) is 12.3. The number of aryl methyl sites for hydroxylation is 1. The number of pyridine rings is 1. The molecule has 2 aromatic rings. The Labute approximate surface area is 107 Å². The van der Waals surface area contributed by atoms with Crippen LogP contribution in [0, 0.1) is 6.92 Å². The van der Waals surface area contributed by atoms with Crippen molar-refractivity contribution in [1.29, 1.82) is 0 Å². The maximum Gasteiger partial charge on any atom is 0.0346 e. The highest BCUT2D eigenvalue weighted by molar-refractivity contribution is 5.71. The molecule has 1 heterocycles. The highest BCUT2D eigenvalue weighted by Crippen LogP contribution is 2.55. The Morgan fingerprint density at radius 2 is 2.00 bits per heavy atom. The van der Waals surface area contributed by atoms with Gasteiger partial charge in [0.05, 0.1) is 0 Å². The average molecular weight is 233 g/mol. The van der Waals surface area contributed by atoms with E-state index >= 15 is 0 Å². The lowest BCUT2D eigenvalue weighted by molar-refractivity contribution is 0.863. The number of hydrogen-bond acceptors (Lipinski definition) is 1. The van der Waals surface area contributed by atoms with Crippen LogP contribution in [0.15, 0.2) is 48.3 Å². The number of nitrogens with zero attached hydrogens (tertiary/aromatic N) is 1. The average Bonchev–Trinajstić information content (AvgIpc) is 2.93. The monoisotopic (exact) mass is 233 g/mol. The first-order valence-corrected chi connectivity index (χ1v) is 6.44. The van der Waals surface area contributed by atoms with Gasteiger partial charge >= 0.3 is 0 Å². The Morgan fingerprint density at radius 3 is 2.83 bits per heavy atom. The van der Waals surface area contributed by atoms with Gasteiger partial charge in [-0.15, -0.1) is 0 Å². The van der Waals surface area contributed by atoms with Gasteiger partial charge in [0.15, 0.2) is 0 Å². The van der Waals surface area contributed by atoms with E-state index in [4.69, 9.17) is 0 Å². The van der Waals surface area contributed by atoms with Gasteiger partial charge in [0.1, 0.15) is 0 Å². The Morgan fingerprint density at radius 1 is 1.11 bits per heavy atom. The van der Waals surface area contributed by atoms with Crippen molar-refractivity contribution in [3.8, 4) is 11.1 Å². The van der Waals surface area contributed by atoms with Crippen molar-refractivity contribution in [2.75, 3.05) is 0 Å². The van der Waals surface area contributed by atoms with Gasteiger partial charge in [-0.3, -0.25) is 4.98 Å². The van der Waals surface area contributed by atoms with Gasteiger partial charge in [-0.1, -0.05) is 23.8 Å². The number of fused-ring (bicyclic) bond motifs is 3. The second-order valence-corrected chi connectivity index (χ2v) is 5.67. The molecule has 0 spiro atoms. The summed E-state index contributed by atoms with van der Waals surface area (Å²) >= 11 is 0. The van der Waals surface area contributed by atoms with Gasteiger partial charge in [-0.2, -0.15) is 0 Å². The van der Waals surface area contributed by atoms with Crippen molar-refractivity contribution in [2.24, 2.45) is 0 Å². The highest BCUT2D eigenvalue weighted by Gasteiger charge is 2.46. The van der Waals surface area contributed by atoms with E-state index in [0.29, 0.717) is 0 Å². The van der Waals surface area contributed by atoms with Gasteiger partial charge in [-0.05, 0) is 54.7 Å². The van der Waals surface area contributed by atoms with E-state index in [-0.39, 0.29) is 5.41 Å². The lowest BCUT2D eigenvalue weighted by Crippen LogP contribution is -2.01. The molecule has 1 aromatic carbocycles. The predicted octanol–water partition coefficient (Wildman–Crippen LogP) is 3.81. The van der Waals surface area contributed by atoms with Crippen LogP contribution >= 0.6 is 0 Å². The molecule has 88 valence electrons. The fraction of sp³-hybridized carbons (Fsp3) is 0.235. The minimum absolute atomic E-state index is 0.280. The third kappa shape index (κ3) is 1.25. The maximum atomic E-state index is 4.29. The first kappa shape index (κ1) is 10.1. The maximum absolute atomic E-state index is 4.29. The van der Waals surface area contributed by atoms with Crippen molar-refractivity contribution in [3.63, 3.8) is 0 Å². The first-order valence-electron chi connectivity index (χ1n) is 6.44. The molecule has 4 rings (SSSR count). The summed E-state index contributed by atoms with van der Waals surface area (Å²) in [5, 5.41) is 0. The van der Waals surface area contributed by atoms with Crippen LogP contribution in [0.3, 0.4) is 0 Å². The number of aromatic nitrogens is 1. The van der Waals surface area contributed by atoms with E-state index in [2.05, 4.69) is 49.2 Å². The quantitative estimate of drug-likeness (QED) is 0.682. The summed E-state index contributed by atoms with van der Waals surface area (Å²) in [5.74, 6) is 0. The van der Waals surface area contributed by atoms with Crippen molar-refractivity contribution in [2.45, 2.75) is 25.7 Å². The molecule has 0 radical (unpaired) electrons. The molecule has 0 saturated carbocycles. The van der Waals surface area contributed by atoms with Crippen molar-refractivity contribution >= 4 is 0 Å². The summed E-state index contributed by atoms with van der Waals surface area (Å²) in [6.45, 7) is 4.41. The molecule has 0 bridgehead atoms. The summed E-state index contributed by atoms with van der Waals surface area (Å²) in [4.78, 5) is 4.29. The molecule has 1 unspecified atom stereocenters. The van der Waals surface area contributed by atoms with E-state index in [1.54, 1.807) is 5.57 Å². The number of hydrogen-bond donors (Lipinski definition) is 0. The second kappa shape index (κ2) is 3.11. The number of allylic oxidation sites excluding steroid dienone is 2. The Balaban J connectivity index is 1.85. The summed E-state index contributed by atoms with van der Waals surface area (Å²) in [6, 6.07) is 9.06. The van der Waals surface area contributed by atoms with Gasteiger partial charge in [-0.25, -0.2) is 0 Å². The molecule has 0 amide bonds. The van der Waals surface area contributed by atoms with Crippen LogP contribution in [0.5, 0.6) is 0 Å². The fourth-order valence-electron chi connectivity index (χ4n) is 3.11. The largest absolute Gasteiger partial charge is 0.264 e. The molecule has 1 aromatic heterocycles. The van der Waals surface area contributed by atoms with Gasteiger partial charge in [0.2, 0.25) is 0 Å². The van der Waals surface area contributed by atoms with Crippen LogP contribution in [0.4, 0.5) is 0 Å². The van der Waals surface area contributed by atoms with E-state index in [1.807, 2.05) is 12.4 Å². The van der Waals surface area contributed by atoms with Gasteiger partial charge < -0.3 is 0 Å². The first-order chi connectivity index (χ1) is 8.67. The van der Waals surface area contributed by atoms with Gasteiger partial charge in [0.25, 0.3) is 0 Å². The Kier molecular flexibility index (Phi) is 1.74. The molecule has 0 fully saturated rings. The van der Waals surface area contributed by atoms with Crippen LogP contribution in [0.2, 0.25) is 0 Å². The molecule has 1 heteroatoms. The van der Waals surface area contributed by atoms with E-state index < -0.39 is 0 Å². The lowest BCUT2D eigenvalue weighted by atomic mass is 9.92. The summed E-state index contributed by atoms with van der Waals surface area (Å²) < 4.78 is 0. The van der Waals surface area contributed by atoms with E-state index in [0.717, 1.165) is 6.42 Å². The highest BCUT2D eigenvalue weighted by atomic mass is 14.6. The van der Waals surface area contributed by atoms with Crippen LogP contribution < -0.4 is 0 Å². The molecule has 0 saturated heterocycles. The molecular formula is C17H15N. The van der Waals surface area contributed by atoms with Crippen molar-refractivity contribution in [3.05, 3.63) is 65.0 Å². The summed E-state index contributed by atoms with van der Waals surface area (Å²) in [6.07, 6.45) is 7.40. The van der Waals surface area contributed by atoms with E-state index in [9.17, 15) is 0 Å². The third-order valence-electron chi connectivity index (χ3n) is 4.31. The Hall–Kier alpha value is -1.89. The van der Waals surface area contributed by atoms with Gasteiger partial charge in [0, 0.05) is 23.4 Å². The van der Waals surface area contributed by atoms with Crippen molar-refractivity contribution < 1.29 is 0 Å². The van der Waals surface area contributed by atoms with Crippen LogP contribution in [-0.4, -0.2) is 4.98 Å². The SMILES string of the molecule is Cc1cncc(-c2ccc3c(c2)C2(C)C=C2C3)c1. The van der Waals surface area contributed by atoms with E-state index in [1.165, 1.54) is 27.8 Å². The topological polar surface area (TPSA) is 12.9 Å². The number of benzene rings is 1. The lowest BCUT2D eigenvalue weighted by Gasteiger charge is -2.12. The van der Waals surface area contributed by atoms with Crippen molar-refractivity contribution in [1.82, 2.24) is 4.98 Å². The van der Waals surface area contributed by atoms with Crippen LogP contribution in [0.1, 0.15) is 23.6 Å². The third-order valence-corrected chi connectivity index (χ3v) is 4.31. The second-order valence-electron chi connectivity index (χ2n) is 5.67. The molecule has 1 atom stereocenters. The molecule has 2 aliphatic carbocycles. The molecule has 0 N–H and O–H groups in total. The normalized spacial score (nSPS) is 23.3. The van der Waals surface area contributed by atoms with Crippen LogP contribution in [0.25, 0.3) is 11.1 Å². The predicted molar refractivity (Wildman–Crippen MR) is 73.5 cm³/mol. The smallest absolute Gasteiger partial charge is 0.0346 e. The molecule has 2 aliphatic rings. The minimum Gasteiger partial charge on any atom is -0.264 e. The Bertz CT molecular complexity index is 697. The molecule has 0 aliphatic heterocycles. The standard InChI is InChI=1S/C17H15N/c1-11-5-14(10-18-9-11)12-3-4-13-6-15-8-17(15,2)16(13)7-12/h3-5,7-10H,6H2,1-2H3. The summed E-state index contributed by atoms with van der Waals surface area (Å²) in [7, 11) is 0. The zero-order valence-electron chi connectivity index (χ0n) is 10.7.